The van der Waals surface area contributed by atoms with Gasteiger partial charge in [0.15, 0.2) is 6.61 Å². The summed E-state index contributed by atoms with van der Waals surface area (Å²) in [6.07, 6.45) is 3.87. The maximum absolute atomic E-state index is 12.6. The molecule has 1 amide bonds. The molecule has 1 aromatic carbocycles. The number of hydrogen-bond donors (Lipinski definition) is 1. The number of allylic oxidation sites excluding steroid dienone is 1. The second-order valence-corrected chi connectivity index (χ2v) is 5.99. The Morgan fingerprint density at radius 3 is 2.35 bits per heavy atom. The largest absolute Gasteiger partial charge is 0.481 e. The first-order valence-corrected chi connectivity index (χ1v) is 7.80. The molecule has 0 spiro atoms. The number of nitrogens with zero attached hydrogens (tertiary/aromatic N) is 1. The van der Waals surface area contributed by atoms with Crippen LogP contribution < -0.4 is 4.74 Å². The monoisotopic (exact) mass is 317 g/mol. The normalized spacial score (nSPS) is 15.3. The average molecular weight is 317 g/mol. The SMILES string of the molecule is C=CC1CCN(C(=O)c2cc(C)c(OCC(=O)O)c(C)c2)CC1. The van der Waals surface area contributed by atoms with Crippen molar-refractivity contribution < 1.29 is 19.4 Å². The van der Waals surface area contributed by atoms with E-state index in [9.17, 15) is 9.59 Å². The molecule has 0 saturated carbocycles. The number of piperidine rings is 1. The minimum absolute atomic E-state index is 0.0171. The van der Waals surface area contributed by atoms with Crippen molar-refractivity contribution in [2.24, 2.45) is 5.92 Å². The molecule has 5 nitrogen and oxygen atoms in total. The van der Waals surface area contributed by atoms with Crippen molar-refractivity contribution in [1.82, 2.24) is 4.90 Å². The number of carbonyl (C=O) groups is 2. The van der Waals surface area contributed by atoms with Crippen LogP contribution in [0.25, 0.3) is 0 Å². The maximum atomic E-state index is 12.6. The van der Waals surface area contributed by atoms with Crippen LogP contribution >= 0.6 is 0 Å². The number of carboxylic acid groups (broad SMARTS) is 1. The van der Waals surface area contributed by atoms with E-state index >= 15 is 0 Å². The molecule has 0 aromatic heterocycles. The molecule has 1 aromatic rings. The Balaban J connectivity index is 2.12. The summed E-state index contributed by atoms with van der Waals surface area (Å²) in [5, 5.41) is 8.72. The molecular formula is C18H23NO4. The molecule has 0 bridgehead atoms. The van der Waals surface area contributed by atoms with Crippen LogP contribution in [0.2, 0.25) is 0 Å². The van der Waals surface area contributed by atoms with E-state index in [4.69, 9.17) is 9.84 Å². The van der Waals surface area contributed by atoms with E-state index in [1.54, 1.807) is 12.1 Å². The highest BCUT2D eigenvalue weighted by Gasteiger charge is 2.23. The fraction of sp³-hybridized carbons (Fsp3) is 0.444. The summed E-state index contributed by atoms with van der Waals surface area (Å²) in [5.41, 5.74) is 2.17. The van der Waals surface area contributed by atoms with Crippen LogP contribution in [0.3, 0.4) is 0 Å². The van der Waals surface area contributed by atoms with Crippen molar-refractivity contribution in [3.63, 3.8) is 0 Å². The Kier molecular flexibility index (Phi) is 5.42. The first-order chi connectivity index (χ1) is 10.9. The highest BCUT2D eigenvalue weighted by atomic mass is 16.5. The van der Waals surface area contributed by atoms with Gasteiger partial charge in [0.25, 0.3) is 5.91 Å². The van der Waals surface area contributed by atoms with E-state index in [-0.39, 0.29) is 12.5 Å². The zero-order valence-electron chi connectivity index (χ0n) is 13.7. The van der Waals surface area contributed by atoms with E-state index in [0.29, 0.717) is 17.2 Å². The lowest BCUT2D eigenvalue weighted by Crippen LogP contribution is -2.38. The van der Waals surface area contributed by atoms with Gasteiger partial charge in [-0.3, -0.25) is 4.79 Å². The molecule has 0 aliphatic carbocycles. The summed E-state index contributed by atoms with van der Waals surface area (Å²) < 4.78 is 5.30. The van der Waals surface area contributed by atoms with Gasteiger partial charge < -0.3 is 14.7 Å². The highest BCUT2D eigenvalue weighted by Crippen LogP contribution is 2.26. The van der Waals surface area contributed by atoms with Gasteiger partial charge in [-0.05, 0) is 55.9 Å². The summed E-state index contributed by atoms with van der Waals surface area (Å²) >= 11 is 0. The molecule has 1 fully saturated rings. The van der Waals surface area contributed by atoms with E-state index < -0.39 is 5.97 Å². The number of benzene rings is 1. The smallest absolute Gasteiger partial charge is 0.341 e. The zero-order valence-corrected chi connectivity index (χ0v) is 13.7. The number of carbonyl (C=O) groups excluding carboxylic acids is 1. The molecule has 124 valence electrons. The van der Waals surface area contributed by atoms with Crippen LogP contribution in [0, 0.1) is 19.8 Å². The number of aryl methyl sites for hydroxylation is 2. The van der Waals surface area contributed by atoms with Gasteiger partial charge in [-0.25, -0.2) is 4.79 Å². The third kappa shape index (κ3) is 4.12. The van der Waals surface area contributed by atoms with E-state index in [2.05, 4.69) is 6.58 Å². The number of hydrogen-bond acceptors (Lipinski definition) is 3. The Labute approximate surface area is 136 Å². The van der Waals surface area contributed by atoms with E-state index in [1.807, 2.05) is 24.8 Å². The number of carboxylic acids is 1. The number of likely N-dealkylation sites (tertiary alicyclic amines) is 1. The number of aliphatic carboxylic acids is 1. The van der Waals surface area contributed by atoms with Gasteiger partial charge in [0, 0.05) is 18.7 Å². The predicted octanol–water partition coefficient (Wildman–Crippen LogP) is 2.81. The molecule has 1 aliphatic rings. The van der Waals surface area contributed by atoms with Crippen molar-refractivity contribution in [3.8, 4) is 5.75 Å². The lowest BCUT2D eigenvalue weighted by molar-refractivity contribution is -0.139. The van der Waals surface area contributed by atoms with E-state index in [1.165, 1.54) is 0 Å². The van der Waals surface area contributed by atoms with Crippen molar-refractivity contribution in [2.75, 3.05) is 19.7 Å². The summed E-state index contributed by atoms with van der Waals surface area (Å²) in [4.78, 5) is 25.1. The minimum Gasteiger partial charge on any atom is -0.481 e. The molecule has 0 radical (unpaired) electrons. The lowest BCUT2D eigenvalue weighted by atomic mass is 9.96. The Morgan fingerprint density at radius 1 is 1.30 bits per heavy atom. The molecule has 1 N–H and O–H groups in total. The highest BCUT2D eigenvalue weighted by molar-refractivity contribution is 5.95. The fourth-order valence-electron chi connectivity index (χ4n) is 2.96. The predicted molar refractivity (Wildman–Crippen MR) is 87.9 cm³/mol. The molecule has 0 unspecified atom stereocenters. The first kappa shape index (κ1) is 17.1. The van der Waals surface area contributed by atoms with Gasteiger partial charge in [0.1, 0.15) is 5.75 Å². The standard InChI is InChI=1S/C18H23NO4/c1-4-14-5-7-19(8-6-14)18(22)15-9-12(2)17(13(3)10-15)23-11-16(20)21/h4,9-10,14H,1,5-8,11H2,2-3H3,(H,20,21). The number of rotatable bonds is 5. The van der Waals surface area contributed by atoms with Crippen LogP contribution in [0.5, 0.6) is 5.75 Å². The Morgan fingerprint density at radius 2 is 1.87 bits per heavy atom. The van der Waals surface area contributed by atoms with Crippen LogP contribution in [0.15, 0.2) is 24.8 Å². The lowest BCUT2D eigenvalue weighted by Gasteiger charge is -2.31. The zero-order chi connectivity index (χ0) is 17.0. The molecule has 1 aliphatic heterocycles. The third-order valence-corrected chi connectivity index (χ3v) is 4.21. The fourth-order valence-corrected chi connectivity index (χ4v) is 2.96. The molecule has 2 rings (SSSR count). The van der Waals surface area contributed by atoms with Crippen molar-refractivity contribution in [3.05, 3.63) is 41.5 Å². The molecule has 1 saturated heterocycles. The van der Waals surface area contributed by atoms with Gasteiger partial charge in [0.2, 0.25) is 0 Å². The van der Waals surface area contributed by atoms with Crippen molar-refractivity contribution in [2.45, 2.75) is 26.7 Å². The van der Waals surface area contributed by atoms with Crippen molar-refractivity contribution in [1.29, 1.82) is 0 Å². The van der Waals surface area contributed by atoms with Crippen LogP contribution in [-0.2, 0) is 4.79 Å². The minimum atomic E-state index is -1.02. The van der Waals surface area contributed by atoms with E-state index in [0.717, 1.165) is 37.1 Å². The summed E-state index contributed by atoms with van der Waals surface area (Å²) in [6, 6.07) is 3.54. The van der Waals surface area contributed by atoms with Gasteiger partial charge in [0.05, 0.1) is 0 Å². The van der Waals surface area contributed by atoms with Gasteiger partial charge >= 0.3 is 5.97 Å². The maximum Gasteiger partial charge on any atom is 0.341 e. The average Bonchev–Trinajstić information content (AvgIpc) is 2.53. The molecular weight excluding hydrogens is 294 g/mol. The van der Waals surface area contributed by atoms with Crippen LogP contribution in [0.4, 0.5) is 0 Å². The van der Waals surface area contributed by atoms with Gasteiger partial charge in [-0.2, -0.15) is 0 Å². The van der Waals surface area contributed by atoms with Crippen molar-refractivity contribution >= 4 is 11.9 Å². The van der Waals surface area contributed by atoms with Crippen LogP contribution in [-0.4, -0.2) is 41.6 Å². The second-order valence-electron chi connectivity index (χ2n) is 5.99. The number of amides is 1. The Bertz CT molecular complexity index is 592. The quantitative estimate of drug-likeness (QED) is 0.848. The second kappa shape index (κ2) is 7.31. The van der Waals surface area contributed by atoms with Crippen LogP contribution in [0.1, 0.15) is 34.3 Å². The third-order valence-electron chi connectivity index (χ3n) is 4.21. The molecule has 0 atom stereocenters. The summed E-state index contributed by atoms with van der Waals surface area (Å²) in [6.45, 7) is 8.56. The Hall–Kier alpha value is -2.30. The molecule has 1 heterocycles. The molecule has 23 heavy (non-hydrogen) atoms. The molecule has 5 heteroatoms. The van der Waals surface area contributed by atoms with Gasteiger partial charge in [-0.1, -0.05) is 6.08 Å². The summed E-state index contributed by atoms with van der Waals surface area (Å²) in [5.74, 6) is 0.0289. The summed E-state index contributed by atoms with van der Waals surface area (Å²) in [7, 11) is 0. The van der Waals surface area contributed by atoms with Gasteiger partial charge in [-0.15, -0.1) is 6.58 Å². The number of ether oxygens (including phenoxy) is 1. The first-order valence-electron chi connectivity index (χ1n) is 7.80. The topological polar surface area (TPSA) is 66.8 Å².